The molecule has 0 radical (unpaired) electrons. The summed E-state index contributed by atoms with van der Waals surface area (Å²) in [5, 5.41) is 14.6. The van der Waals surface area contributed by atoms with Gasteiger partial charge in [0.15, 0.2) is 0 Å². The zero-order chi connectivity index (χ0) is 14.6. The van der Waals surface area contributed by atoms with Crippen LogP contribution in [0.4, 0.5) is 11.4 Å². The van der Waals surface area contributed by atoms with Gasteiger partial charge in [0.25, 0.3) is 0 Å². The quantitative estimate of drug-likeness (QED) is 0.614. The van der Waals surface area contributed by atoms with Crippen LogP contribution in [0, 0.1) is 0 Å². The normalized spacial score (nSPS) is 10.9. The van der Waals surface area contributed by atoms with E-state index in [1.165, 1.54) is 18.2 Å². The predicted octanol–water partition coefficient (Wildman–Crippen LogP) is 1.29. The van der Waals surface area contributed by atoms with Crippen LogP contribution in [-0.2, 0) is 4.79 Å². The minimum atomic E-state index is -1.07. The molecule has 104 valence electrons. The van der Waals surface area contributed by atoms with E-state index in [4.69, 9.17) is 10.8 Å². The number of benzene rings is 1. The lowest BCUT2D eigenvalue weighted by Gasteiger charge is -2.21. The molecule has 1 aromatic carbocycles. The van der Waals surface area contributed by atoms with Gasteiger partial charge in [0.05, 0.1) is 17.8 Å². The molecule has 0 aromatic heterocycles. The summed E-state index contributed by atoms with van der Waals surface area (Å²) in [6, 6.07) is 4.40. The SMILES string of the molecule is CC(C)(C)NC(=O)CNc1cc(N)ccc1C(=O)O. The monoisotopic (exact) mass is 265 g/mol. The zero-order valence-electron chi connectivity index (χ0n) is 11.3. The Balaban J connectivity index is 2.75. The van der Waals surface area contributed by atoms with Crippen molar-refractivity contribution in [2.75, 3.05) is 17.6 Å². The molecule has 6 nitrogen and oxygen atoms in total. The number of aromatic carboxylic acids is 1. The molecule has 6 heteroatoms. The highest BCUT2D eigenvalue weighted by Crippen LogP contribution is 2.19. The third-order valence-electron chi connectivity index (χ3n) is 2.23. The number of amides is 1. The Morgan fingerprint density at radius 3 is 2.47 bits per heavy atom. The first kappa shape index (κ1) is 14.8. The number of anilines is 2. The van der Waals surface area contributed by atoms with Crippen LogP contribution in [0.5, 0.6) is 0 Å². The van der Waals surface area contributed by atoms with E-state index in [1.54, 1.807) is 0 Å². The highest BCUT2D eigenvalue weighted by atomic mass is 16.4. The van der Waals surface area contributed by atoms with E-state index in [-0.39, 0.29) is 23.6 Å². The number of rotatable bonds is 4. The van der Waals surface area contributed by atoms with Crippen LogP contribution in [0.25, 0.3) is 0 Å². The third-order valence-corrected chi connectivity index (χ3v) is 2.23. The molecule has 0 aliphatic rings. The van der Waals surface area contributed by atoms with E-state index in [2.05, 4.69) is 10.6 Å². The van der Waals surface area contributed by atoms with E-state index in [0.29, 0.717) is 11.4 Å². The highest BCUT2D eigenvalue weighted by molar-refractivity contribution is 5.95. The van der Waals surface area contributed by atoms with Gasteiger partial charge in [0.1, 0.15) is 0 Å². The maximum atomic E-state index is 11.6. The summed E-state index contributed by atoms with van der Waals surface area (Å²) in [5.41, 5.74) is 6.12. The van der Waals surface area contributed by atoms with Crippen LogP contribution >= 0.6 is 0 Å². The molecule has 0 aliphatic heterocycles. The fourth-order valence-electron chi connectivity index (χ4n) is 1.53. The van der Waals surface area contributed by atoms with Gasteiger partial charge in [-0.1, -0.05) is 0 Å². The first-order chi connectivity index (χ1) is 8.69. The molecule has 0 unspecified atom stereocenters. The molecule has 0 atom stereocenters. The van der Waals surface area contributed by atoms with Crippen molar-refractivity contribution in [1.29, 1.82) is 0 Å². The summed E-state index contributed by atoms with van der Waals surface area (Å²) in [6.07, 6.45) is 0. The van der Waals surface area contributed by atoms with Crippen LogP contribution in [0.3, 0.4) is 0 Å². The van der Waals surface area contributed by atoms with Crippen molar-refractivity contribution in [3.8, 4) is 0 Å². The standard InChI is InChI=1S/C13H19N3O3/c1-13(2,3)16-11(17)7-15-10-6-8(14)4-5-9(10)12(18)19/h4-6,15H,7,14H2,1-3H3,(H,16,17)(H,18,19). The van der Waals surface area contributed by atoms with Gasteiger partial charge in [0.2, 0.25) is 5.91 Å². The van der Waals surface area contributed by atoms with Crippen molar-refractivity contribution in [1.82, 2.24) is 5.32 Å². The van der Waals surface area contributed by atoms with Crippen molar-refractivity contribution < 1.29 is 14.7 Å². The van der Waals surface area contributed by atoms with Gasteiger partial charge in [-0.25, -0.2) is 4.79 Å². The Hall–Kier alpha value is -2.24. The molecule has 1 rings (SSSR count). The van der Waals surface area contributed by atoms with Crippen molar-refractivity contribution in [3.63, 3.8) is 0 Å². The van der Waals surface area contributed by atoms with Crippen LogP contribution in [0.2, 0.25) is 0 Å². The van der Waals surface area contributed by atoms with E-state index in [9.17, 15) is 9.59 Å². The lowest BCUT2D eigenvalue weighted by atomic mass is 10.1. The molecule has 0 heterocycles. The van der Waals surface area contributed by atoms with Crippen molar-refractivity contribution in [2.24, 2.45) is 0 Å². The molecule has 19 heavy (non-hydrogen) atoms. The maximum Gasteiger partial charge on any atom is 0.337 e. The summed E-state index contributed by atoms with van der Waals surface area (Å²) in [5.74, 6) is -1.29. The smallest absolute Gasteiger partial charge is 0.337 e. The predicted molar refractivity (Wildman–Crippen MR) is 74.2 cm³/mol. The van der Waals surface area contributed by atoms with E-state index in [1.807, 2.05) is 20.8 Å². The number of hydrogen-bond donors (Lipinski definition) is 4. The van der Waals surface area contributed by atoms with Gasteiger partial charge in [-0.05, 0) is 39.0 Å². The van der Waals surface area contributed by atoms with Crippen molar-refractivity contribution in [2.45, 2.75) is 26.3 Å². The summed E-state index contributed by atoms with van der Waals surface area (Å²) in [6.45, 7) is 5.59. The summed E-state index contributed by atoms with van der Waals surface area (Å²) in [4.78, 5) is 22.7. The van der Waals surface area contributed by atoms with E-state index >= 15 is 0 Å². The molecular weight excluding hydrogens is 246 g/mol. The first-order valence-electron chi connectivity index (χ1n) is 5.87. The number of carbonyl (C=O) groups excluding carboxylic acids is 1. The van der Waals surface area contributed by atoms with Gasteiger partial charge < -0.3 is 21.5 Å². The van der Waals surface area contributed by atoms with Crippen molar-refractivity contribution in [3.05, 3.63) is 23.8 Å². The van der Waals surface area contributed by atoms with E-state index < -0.39 is 5.97 Å². The Morgan fingerprint density at radius 2 is 1.95 bits per heavy atom. The molecule has 0 saturated carbocycles. The topological polar surface area (TPSA) is 104 Å². The Labute approximate surface area is 112 Å². The van der Waals surface area contributed by atoms with Crippen LogP contribution in [-0.4, -0.2) is 29.1 Å². The second-order valence-electron chi connectivity index (χ2n) is 5.26. The summed E-state index contributed by atoms with van der Waals surface area (Å²) < 4.78 is 0. The molecule has 1 amide bonds. The minimum Gasteiger partial charge on any atom is -0.478 e. The number of carboxylic acid groups (broad SMARTS) is 1. The molecule has 0 aliphatic carbocycles. The van der Waals surface area contributed by atoms with E-state index in [0.717, 1.165) is 0 Å². The zero-order valence-corrected chi connectivity index (χ0v) is 11.3. The van der Waals surface area contributed by atoms with Crippen LogP contribution < -0.4 is 16.4 Å². The second-order valence-corrected chi connectivity index (χ2v) is 5.26. The molecule has 0 bridgehead atoms. The second kappa shape index (κ2) is 5.60. The lowest BCUT2D eigenvalue weighted by molar-refractivity contribution is -0.120. The van der Waals surface area contributed by atoms with Crippen LogP contribution in [0.15, 0.2) is 18.2 Å². The third kappa shape index (κ3) is 4.87. The molecular formula is C13H19N3O3. The molecule has 5 N–H and O–H groups in total. The van der Waals surface area contributed by atoms with Gasteiger partial charge in [-0.15, -0.1) is 0 Å². The fourth-order valence-corrected chi connectivity index (χ4v) is 1.53. The number of nitrogens with two attached hydrogens (primary N) is 1. The molecule has 0 spiro atoms. The summed E-state index contributed by atoms with van der Waals surface area (Å²) in [7, 11) is 0. The average molecular weight is 265 g/mol. The molecule has 0 fully saturated rings. The van der Waals surface area contributed by atoms with Gasteiger partial charge >= 0.3 is 5.97 Å². The Morgan fingerprint density at radius 1 is 1.32 bits per heavy atom. The lowest BCUT2D eigenvalue weighted by Crippen LogP contribution is -2.43. The fraction of sp³-hybridized carbons (Fsp3) is 0.385. The Bertz CT molecular complexity index is 492. The van der Waals surface area contributed by atoms with Crippen LogP contribution in [0.1, 0.15) is 31.1 Å². The Kier molecular flexibility index (Phi) is 4.37. The maximum absolute atomic E-state index is 11.6. The minimum absolute atomic E-state index is 0.0129. The molecule has 0 saturated heterocycles. The number of nitrogens with one attached hydrogen (secondary N) is 2. The summed E-state index contributed by atoms with van der Waals surface area (Å²) >= 11 is 0. The van der Waals surface area contributed by atoms with Gasteiger partial charge in [-0.3, -0.25) is 4.79 Å². The van der Waals surface area contributed by atoms with Gasteiger partial charge in [-0.2, -0.15) is 0 Å². The number of carbonyl (C=O) groups is 2. The average Bonchev–Trinajstić information content (AvgIpc) is 2.23. The molecule has 1 aromatic rings. The number of nitrogen functional groups attached to an aromatic ring is 1. The highest BCUT2D eigenvalue weighted by Gasteiger charge is 2.15. The van der Waals surface area contributed by atoms with Crippen molar-refractivity contribution >= 4 is 23.3 Å². The number of carboxylic acids is 1. The largest absolute Gasteiger partial charge is 0.478 e. The van der Waals surface area contributed by atoms with Gasteiger partial charge in [0, 0.05) is 11.2 Å². The number of hydrogen-bond acceptors (Lipinski definition) is 4. The first-order valence-corrected chi connectivity index (χ1v) is 5.87.